The zero-order chi connectivity index (χ0) is 13.9. The normalized spacial score (nSPS) is 10.8. The van der Waals surface area contributed by atoms with E-state index in [-0.39, 0.29) is 5.82 Å². The van der Waals surface area contributed by atoms with Gasteiger partial charge in [-0.2, -0.15) is 5.26 Å². The molecule has 0 bridgehead atoms. The van der Waals surface area contributed by atoms with Crippen molar-refractivity contribution in [3.8, 4) is 11.8 Å². The van der Waals surface area contributed by atoms with E-state index in [2.05, 4.69) is 9.72 Å². The molecule has 1 aromatic rings. The third-order valence-corrected chi connectivity index (χ3v) is 1.72. The van der Waals surface area contributed by atoms with E-state index in [1.807, 2.05) is 0 Å². The van der Waals surface area contributed by atoms with Gasteiger partial charge in [0.1, 0.15) is 11.9 Å². The van der Waals surface area contributed by atoms with Crippen LogP contribution in [0.3, 0.4) is 0 Å². The number of carbonyl (C=O) groups is 1. The van der Waals surface area contributed by atoms with E-state index < -0.39 is 35.8 Å². The molecule has 0 spiro atoms. The van der Waals surface area contributed by atoms with Crippen LogP contribution in [-0.2, 0) is 11.2 Å². The maximum atomic E-state index is 12.1. The Morgan fingerprint density at radius 2 is 2.22 bits per heavy atom. The van der Waals surface area contributed by atoms with Crippen molar-refractivity contribution in [1.29, 1.82) is 5.26 Å². The van der Waals surface area contributed by atoms with Gasteiger partial charge in [0.2, 0.25) is 0 Å². The largest absolute Gasteiger partial charge is 0.573 e. The summed E-state index contributed by atoms with van der Waals surface area (Å²) in [6, 6.07) is 2.30. The highest BCUT2D eigenvalue weighted by Gasteiger charge is 2.34. The average Bonchev–Trinajstić information content (AvgIpc) is 2.19. The third kappa shape index (κ3) is 3.51. The van der Waals surface area contributed by atoms with Crippen LogP contribution in [-0.4, -0.2) is 22.4 Å². The summed E-state index contributed by atoms with van der Waals surface area (Å²) in [5.41, 5.74) is 4.16. The Labute approximate surface area is 98.4 Å². The number of hydrogen-bond acceptors (Lipinski definition) is 5. The maximum absolute atomic E-state index is 12.1. The lowest BCUT2D eigenvalue weighted by Gasteiger charge is -2.13. The monoisotopic (exact) mass is 261 g/mol. The van der Waals surface area contributed by atoms with E-state index >= 15 is 0 Å². The molecule has 1 rings (SSSR count). The van der Waals surface area contributed by atoms with Crippen LogP contribution in [0.1, 0.15) is 11.3 Å². The SMILES string of the molecule is N#Cc1cc(N)nc(CC(=O)O)c1OC(F)(F)F. The van der Waals surface area contributed by atoms with E-state index in [0.29, 0.717) is 0 Å². The molecule has 0 fully saturated rings. The van der Waals surface area contributed by atoms with E-state index in [9.17, 15) is 18.0 Å². The number of alkyl halides is 3. The molecule has 0 aliphatic rings. The second-order valence-electron chi connectivity index (χ2n) is 3.10. The number of rotatable bonds is 3. The number of nitrogens with zero attached hydrogens (tertiary/aromatic N) is 2. The van der Waals surface area contributed by atoms with Crippen LogP contribution in [0, 0.1) is 11.3 Å². The number of pyridine rings is 1. The third-order valence-electron chi connectivity index (χ3n) is 1.72. The van der Waals surface area contributed by atoms with E-state index in [1.165, 1.54) is 6.07 Å². The van der Waals surface area contributed by atoms with Crippen molar-refractivity contribution >= 4 is 11.8 Å². The van der Waals surface area contributed by atoms with E-state index in [0.717, 1.165) is 6.07 Å². The number of hydrogen-bond donors (Lipinski definition) is 2. The van der Waals surface area contributed by atoms with Gasteiger partial charge in [0.15, 0.2) is 5.75 Å². The van der Waals surface area contributed by atoms with Crippen LogP contribution in [0.25, 0.3) is 0 Å². The molecule has 96 valence electrons. The Morgan fingerprint density at radius 3 is 2.67 bits per heavy atom. The quantitative estimate of drug-likeness (QED) is 0.841. The number of anilines is 1. The number of nitrogen functional groups attached to an aromatic ring is 1. The topological polar surface area (TPSA) is 109 Å². The first-order valence-electron chi connectivity index (χ1n) is 4.40. The van der Waals surface area contributed by atoms with Crippen molar-refractivity contribution in [2.45, 2.75) is 12.8 Å². The maximum Gasteiger partial charge on any atom is 0.573 e. The van der Waals surface area contributed by atoms with Crippen LogP contribution in [0.4, 0.5) is 19.0 Å². The van der Waals surface area contributed by atoms with Crippen LogP contribution in [0.15, 0.2) is 6.07 Å². The van der Waals surface area contributed by atoms with Crippen molar-refractivity contribution in [2.75, 3.05) is 5.73 Å². The molecule has 0 unspecified atom stereocenters. The molecule has 0 saturated carbocycles. The van der Waals surface area contributed by atoms with Crippen molar-refractivity contribution in [1.82, 2.24) is 4.98 Å². The van der Waals surface area contributed by atoms with Gasteiger partial charge in [-0.1, -0.05) is 0 Å². The number of carboxylic acids is 1. The predicted molar refractivity (Wildman–Crippen MR) is 51.4 cm³/mol. The van der Waals surface area contributed by atoms with Crippen LogP contribution < -0.4 is 10.5 Å². The Kier molecular flexibility index (Phi) is 3.61. The lowest BCUT2D eigenvalue weighted by Crippen LogP contribution is -2.20. The summed E-state index contributed by atoms with van der Waals surface area (Å²) in [4.78, 5) is 13.9. The Bertz CT molecular complexity index is 522. The van der Waals surface area contributed by atoms with Crippen molar-refractivity contribution in [3.63, 3.8) is 0 Å². The van der Waals surface area contributed by atoms with Crippen molar-refractivity contribution < 1.29 is 27.8 Å². The highest BCUT2D eigenvalue weighted by molar-refractivity contribution is 5.71. The summed E-state index contributed by atoms with van der Waals surface area (Å²) < 4.78 is 40.0. The molecule has 0 atom stereocenters. The Hall–Kier alpha value is -2.50. The van der Waals surface area contributed by atoms with Crippen LogP contribution in [0.5, 0.6) is 5.75 Å². The number of ether oxygens (including phenoxy) is 1. The van der Waals surface area contributed by atoms with Crippen molar-refractivity contribution in [3.05, 3.63) is 17.3 Å². The molecule has 1 aromatic heterocycles. The number of carboxylic acid groups (broad SMARTS) is 1. The van der Waals surface area contributed by atoms with Gasteiger partial charge in [0.05, 0.1) is 17.7 Å². The van der Waals surface area contributed by atoms with Gasteiger partial charge >= 0.3 is 12.3 Å². The van der Waals surface area contributed by atoms with Gasteiger partial charge < -0.3 is 15.6 Å². The molecule has 0 saturated heterocycles. The van der Waals surface area contributed by atoms with Crippen molar-refractivity contribution in [2.24, 2.45) is 0 Å². The molecule has 0 aromatic carbocycles. The number of halogens is 3. The Balaban J connectivity index is 3.34. The van der Waals surface area contributed by atoms with Crippen LogP contribution in [0.2, 0.25) is 0 Å². The first-order valence-corrected chi connectivity index (χ1v) is 4.40. The molecule has 18 heavy (non-hydrogen) atoms. The molecule has 0 amide bonds. The molecule has 0 radical (unpaired) electrons. The molecule has 1 heterocycles. The minimum absolute atomic E-state index is 0.266. The fourth-order valence-corrected chi connectivity index (χ4v) is 1.18. The number of aliphatic carboxylic acids is 1. The first-order chi connectivity index (χ1) is 8.23. The molecule has 3 N–H and O–H groups in total. The van der Waals surface area contributed by atoms with Gasteiger partial charge in [0, 0.05) is 6.07 Å². The van der Waals surface area contributed by atoms with Crippen LogP contribution >= 0.6 is 0 Å². The van der Waals surface area contributed by atoms with Gasteiger partial charge in [-0.05, 0) is 0 Å². The smallest absolute Gasteiger partial charge is 0.481 e. The van der Waals surface area contributed by atoms with E-state index in [4.69, 9.17) is 16.1 Å². The summed E-state index contributed by atoms with van der Waals surface area (Å²) in [7, 11) is 0. The molecular weight excluding hydrogens is 255 g/mol. The zero-order valence-electron chi connectivity index (χ0n) is 8.65. The summed E-state index contributed by atoms with van der Waals surface area (Å²) in [5, 5.41) is 17.2. The fraction of sp³-hybridized carbons (Fsp3) is 0.222. The number of nitrogens with two attached hydrogens (primary N) is 1. The Morgan fingerprint density at radius 1 is 1.61 bits per heavy atom. The summed E-state index contributed by atoms with van der Waals surface area (Å²) >= 11 is 0. The molecule has 0 aliphatic heterocycles. The summed E-state index contributed by atoms with van der Waals surface area (Å²) in [5.74, 6) is -2.64. The molecule has 6 nitrogen and oxygen atoms in total. The minimum Gasteiger partial charge on any atom is -0.481 e. The fourth-order valence-electron chi connectivity index (χ4n) is 1.18. The second-order valence-corrected chi connectivity index (χ2v) is 3.10. The first kappa shape index (κ1) is 13.6. The van der Waals surface area contributed by atoms with Gasteiger partial charge in [-0.15, -0.1) is 13.2 Å². The highest BCUT2D eigenvalue weighted by atomic mass is 19.4. The van der Waals surface area contributed by atoms with Gasteiger partial charge in [-0.25, -0.2) is 4.98 Å². The highest BCUT2D eigenvalue weighted by Crippen LogP contribution is 2.30. The molecule has 0 aliphatic carbocycles. The second kappa shape index (κ2) is 4.79. The van der Waals surface area contributed by atoms with Gasteiger partial charge in [0.25, 0.3) is 0 Å². The van der Waals surface area contributed by atoms with Gasteiger partial charge in [-0.3, -0.25) is 4.79 Å². The average molecular weight is 261 g/mol. The number of nitriles is 1. The summed E-state index contributed by atoms with van der Waals surface area (Å²) in [6.07, 6.45) is -5.90. The predicted octanol–water partition coefficient (Wildman–Crippen LogP) is 1.06. The standard InChI is InChI=1S/C9H6F3N3O3/c10-9(11,12)18-8-4(3-13)1-6(14)15-5(8)2-7(16)17/h1H,2H2,(H2,14,15)(H,16,17). The lowest BCUT2D eigenvalue weighted by molar-refractivity contribution is -0.275. The van der Waals surface area contributed by atoms with E-state index in [1.54, 1.807) is 0 Å². The zero-order valence-corrected chi connectivity index (χ0v) is 8.65. The lowest BCUT2D eigenvalue weighted by atomic mass is 10.1. The molecular formula is C9H6F3N3O3. The molecule has 9 heteroatoms. The minimum atomic E-state index is -5.06. The number of aromatic nitrogens is 1. The summed E-state index contributed by atoms with van der Waals surface area (Å²) in [6.45, 7) is 0.